The average Bonchev–Trinajstić information content (AvgIpc) is 3.56. The molecule has 0 radical (unpaired) electrons. The highest BCUT2D eigenvalue weighted by Crippen LogP contribution is 2.47. The summed E-state index contributed by atoms with van der Waals surface area (Å²) in [4.78, 5) is 33.0. The molecule has 32 heavy (non-hydrogen) atoms. The second kappa shape index (κ2) is 8.64. The van der Waals surface area contributed by atoms with Crippen molar-refractivity contribution in [3.05, 3.63) is 64.3 Å². The number of ether oxygens (including phenoxy) is 1. The minimum Gasteiger partial charge on any atom is -0.474 e. The van der Waals surface area contributed by atoms with Crippen LogP contribution in [0, 0.1) is 18.8 Å². The van der Waals surface area contributed by atoms with E-state index in [0.29, 0.717) is 58.0 Å². The van der Waals surface area contributed by atoms with Crippen molar-refractivity contribution in [3.63, 3.8) is 0 Å². The van der Waals surface area contributed by atoms with E-state index in [1.54, 1.807) is 24.5 Å². The van der Waals surface area contributed by atoms with Crippen molar-refractivity contribution in [2.45, 2.75) is 25.8 Å². The van der Waals surface area contributed by atoms with E-state index < -0.39 is 0 Å². The van der Waals surface area contributed by atoms with Crippen LogP contribution in [-0.2, 0) is 0 Å². The van der Waals surface area contributed by atoms with Gasteiger partial charge in [0.1, 0.15) is 17.3 Å². The van der Waals surface area contributed by atoms with Gasteiger partial charge in [0, 0.05) is 30.8 Å². The summed E-state index contributed by atoms with van der Waals surface area (Å²) in [5.74, 6) is 1.82. The van der Waals surface area contributed by atoms with Gasteiger partial charge in [-0.3, -0.25) is 4.79 Å². The standard InChI is InChI=1S/C23H21Cl2N5O2/c1-13-3-4-18(21-26-5-2-6-27-21)20(29-13)23(31)30-11-15-7-14(15)8-17(30)12-32-22-19(25)9-16(24)10-28-22/h2-6,9-10,14-15,17H,7-8,11-12H2,1H3. The van der Waals surface area contributed by atoms with Crippen molar-refractivity contribution in [3.8, 4) is 17.3 Å². The molecule has 1 aliphatic carbocycles. The van der Waals surface area contributed by atoms with Crippen LogP contribution in [0.4, 0.5) is 0 Å². The van der Waals surface area contributed by atoms with Gasteiger partial charge in [0.15, 0.2) is 5.82 Å². The molecule has 3 aromatic heterocycles. The maximum absolute atomic E-state index is 13.7. The Bertz CT molecular complexity index is 1160. The molecule has 7 nitrogen and oxygen atoms in total. The van der Waals surface area contributed by atoms with Crippen molar-refractivity contribution >= 4 is 29.1 Å². The van der Waals surface area contributed by atoms with Crippen LogP contribution in [0.2, 0.25) is 10.0 Å². The highest BCUT2D eigenvalue weighted by atomic mass is 35.5. The lowest BCUT2D eigenvalue weighted by molar-refractivity contribution is 0.0503. The number of carbonyl (C=O) groups excluding carboxylic acids is 1. The summed E-state index contributed by atoms with van der Waals surface area (Å²) in [6, 6.07) is 6.96. The number of aromatic nitrogens is 4. The molecule has 5 rings (SSSR count). The number of carbonyl (C=O) groups is 1. The van der Waals surface area contributed by atoms with E-state index in [1.165, 1.54) is 6.20 Å². The molecule has 1 saturated heterocycles. The number of fused-ring (bicyclic) bond motifs is 1. The van der Waals surface area contributed by atoms with Gasteiger partial charge in [-0.15, -0.1) is 0 Å². The molecule has 1 saturated carbocycles. The third-order valence-corrected chi connectivity index (χ3v) is 6.48. The molecule has 0 N–H and O–H groups in total. The number of halogens is 2. The third kappa shape index (κ3) is 4.27. The molecule has 1 amide bonds. The lowest BCUT2D eigenvalue weighted by atomic mass is 10.0. The van der Waals surface area contributed by atoms with Crippen molar-refractivity contribution < 1.29 is 9.53 Å². The maximum Gasteiger partial charge on any atom is 0.273 e. The number of hydrogen-bond acceptors (Lipinski definition) is 6. The van der Waals surface area contributed by atoms with E-state index in [-0.39, 0.29) is 11.9 Å². The maximum atomic E-state index is 13.7. The van der Waals surface area contributed by atoms with Gasteiger partial charge in [-0.25, -0.2) is 19.9 Å². The summed E-state index contributed by atoms with van der Waals surface area (Å²) >= 11 is 12.1. The molecule has 2 aliphatic rings. The van der Waals surface area contributed by atoms with Crippen LogP contribution in [0.1, 0.15) is 29.0 Å². The summed E-state index contributed by atoms with van der Waals surface area (Å²) in [5.41, 5.74) is 1.75. The second-order valence-corrected chi connectivity index (χ2v) is 9.12. The SMILES string of the molecule is Cc1ccc(-c2ncccn2)c(C(=O)N2CC3CC3CC2COc2ncc(Cl)cc2Cl)n1. The van der Waals surface area contributed by atoms with Crippen molar-refractivity contribution in [1.82, 2.24) is 24.8 Å². The van der Waals surface area contributed by atoms with E-state index >= 15 is 0 Å². The normalized spacial score (nSPS) is 21.7. The zero-order valence-electron chi connectivity index (χ0n) is 17.4. The number of rotatable bonds is 5. The fraction of sp³-hybridized carbons (Fsp3) is 0.348. The summed E-state index contributed by atoms with van der Waals surface area (Å²) in [6.45, 7) is 2.85. The third-order valence-electron chi connectivity index (χ3n) is 6.01. The molecule has 4 heterocycles. The quantitative estimate of drug-likeness (QED) is 0.547. The minimum absolute atomic E-state index is 0.105. The van der Waals surface area contributed by atoms with Crippen LogP contribution in [0.15, 0.2) is 42.9 Å². The van der Waals surface area contributed by atoms with E-state index in [0.717, 1.165) is 18.5 Å². The number of amides is 1. The van der Waals surface area contributed by atoms with Gasteiger partial charge in [-0.05, 0) is 55.9 Å². The van der Waals surface area contributed by atoms with Gasteiger partial charge in [0.2, 0.25) is 5.88 Å². The number of nitrogens with zero attached hydrogens (tertiary/aromatic N) is 5. The molecule has 9 heteroatoms. The van der Waals surface area contributed by atoms with Crippen LogP contribution in [0.25, 0.3) is 11.4 Å². The first kappa shape index (κ1) is 21.1. The van der Waals surface area contributed by atoms with E-state index in [4.69, 9.17) is 27.9 Å². The first-order chi connectivity index (χ1) is 15.5. The second-order valence-electron chi connectivity index (χ2n) is 8.28. The fourth-order valence-corrected chi connectivity index (χ4v) is 4.70. The summed E-state index contributed by atoms with van der Waals surface area (Å²) in [5, 5.41) is 0.790. The lowest BCUT2D eigenvalue weighted by Crippen LogP contribution is -2.48. The molecular formula is C23H21Cl2N5O2. The number of hydrogen-bond donors (Lipinski definition) is 0. The summed E-state index contributed by atoms with van der Waals surface area (Å²) < 4.78 is 5.91. The van der Waals surface area contributed by atoms with Crippen molar-refractivity contribution in [1.29, 1.82) is 0 Å². The van der Waals surface area contributed by atoms with Crippen molar-refractivity contribution in [2.24, 2.45) is 11.8 Å². The Morgan fingerprint density at radius 1 is 1.16 bits per heavy atom. The molecule has 3 unspecified atom stereocenters. The van der Waals surface area contributed by atoms with Crippen LogP contribution in [-0.4, -0.2) is 49.9 Å². The van der Waals surface area contributed by atoms with E-state index in [1.807, 2.05) is 24.0 Å². The average molecular weight is 470 g/mol. The number of piperidine rings is 1. The number of aryl methyl sites for hydroxylation is 1. The predicted molar refractivity (Wildman–Crippen MR) is 121 cm³/mol. The Labute approximate surface area is 195 Å². The number of likely N-dealkylation sites (tertiary alicyclic amines) is 1. The lowest BCUT2D eigenvalue weighted by Gasteiger charge is -2.35. The van der Waals surface area contributed by atoms with Gasteiger partial charge in [0.25, 0.3) is 5.91 Å². The molecular weight excluding hydrogens is 449 g/mol. The monoisotopic (exact) mass is 469 g/mol. The Morgan fingerprint density at radius 3 is 2.75 bits per heavy atom. The van der Waals surface area contributed by atoms with Crippen LogP contribution < -0.4 is 4.74 Å². The summed E-state index contributed by atoms with van der Waals surface area (Å²) in [7, 11) is 0. The van der Waals surface area contributed by atoms with Gasteiger partial charge in [-0.1, -0.05) is 23.2 Å². The van der Waals surface area contributed by atoms with E-state index in [2.05, 4.69) is 19.9 Å². The topological polar surface area (TPSA) is 81.1 Å². The summed E-state index contributed by atoms with van der Waals surface area (Å²) in [6.07, 6.45) is 6.82. The Balaban J connectivity index is 1.42. The largest absolute Gasteiger partial charge is 0.474 e. The molecule has 0 spiro atoms. The highest BCUT2D eigenvalue weighted by Gasteiger charge is 2.47. The Morgan fingerprint density at radius 2 is 1.97 bits per heavy atom. The Kier molecular flexibility index (Phi) is 5.69. The van der Waals surface area contributed by atoms with Crippen molar-refractivity contribution in [2.75, 3.05) is 13.2 Å². The van der Waals surface area contributed by atoms with Gasteiger partial charge in [0.05, 0.1) is 16.6 Å². The van der Waals surface area contributed by atoms with Gasteiger partial charge in [-0.2, -0.15) is 0 Å². The fourth-order valence-electron chi connectivity index (χ4n) is 4.27. The molecule has 3 aromatic rings. The van der Waals surface area contributed by atoms with Crippen LogP contribution >= 0.6 is 23.2 Å². The predicted octanol–water partition coefficient (Wildman–Crippen LogP) is 4.48. The smallest absolute Gasteiger partial charge is 0.273 e. The molecule has 0 aromatic carbocycles. The zero-order chi connectivity index (χ0) is 22.2. The molecule has 164 valence electrons. The molecule has 0 bridgehead atoms. The molecule has 2 fully saturated rings. The zero-order valence-corrected chi connectivity index (χ0v) is 18.9. The first-order valence-electron chi connectivity index (χ1n) is 10.5. The van der Waals surface area contributed by atoms with Crippen LogP contribution in [0.3, 0.4) is 0 Å². The molecule has 3 atom stereocenters. The van der Waals surface area contributed by atoms with Gasteiger partial charge >= 0.3 is 0 Å². The minimum atomic E-state index is -0.134. The van der Waals surface area contributed by atoms with Gasteiger partial charge < -0.3 is 9.64 Å². The van der Waals surface area contributed by atoms with E-state index in [9.17, 15) is 4.79 Å². The van der Waals surface area contributed by atoms with Crippen LogP contribution in [0.5, 0.6) is 5.88 Å². The molecule has 1 aliphatic heterocycles. The number of pyridine rings is 2. The highest BCUT2D eigenvalue weighted by molar-refractivity contribution is 6.35. The Hall–Kier alpha value is -2.77. The first-order valence-corrected chi connectivity index (χ1v) is 11.2.